The van der Waals surface area contributed by atoms with Crippen molar-refractivity contribution in [2.24, 2.45) is 0 Å². The quantitative estimate of drug-likeness (QED) is 0.505. The van der Waals surface area contributed by atoms with E-state index in [0.29, 0.717) is 10.6 Å². The minimum atomic E-state index is -0.347. The molecule has 20 heavy (non-hydrogen) atoms. The van der Waals surface area contributed by atoms with Gasteiger partial charge >= 0.3 is 0 Å². The van der Waals surface area contributed by atoms with Crippen LogP contribution in [0.2, 0.25) is 10.0 Å². The summed E-state index contributed by atoms with van der Waals surface area (Å²) in [7, 11) is 0. The van der Waals surface area contributed by atoms with Crippen molar-refractivity contribution < 1.29 is 15.0 Å². The first-order valence-electron chi connectivity index (χ1n) is 5.67. The van der Waals surface area contributed by atoms with Gasteiger partial charge in [0.05, 0.1) is 10.0 Å². The van der Waals surface area contributed by atoms with E-state index in [1.54, 1.807) is 18.2 Å². The molecule has 2 rings (SSSR count). The number of hydrogen-bond acceptors (Lipinski definition) is 3. The number of phenolic OH excluding ortho intramolecular Hbond substituents is 2. The zero-order valence-electron chi connectivity index (χ0n) is 10.2. The normalized spacial score (nSPS) is 10.9. The Labute approximate surface area is 125 Å². The Kier molecular flexibility index (Phi) is 4.32. The van der Waals surface area contributed by atoms with Gasteiger partial charge in [0.2, 0.25) is 0 Å². The number of aromatic hydroxyl groups is 2. The summed E-state index contributed by atoms with van der Waals surface area (Å²) in [5.74, 6) is -0.389. The van der Waals surface area contributed by atoms with Crippen LogP contribution in [0.4, 0.5) is 0 Å². The molecule has 0 aliphatic heterocycles. The van der Waals surface area contributed by atoms with Crippen molar-refractivity contribution in [2.75, 3.05) is 0 Å². The van der Waals surface area contributed by atoms with E-state index in [0.717, 1.165) is 0 Å². The standard InChI is InChI=1S/C15H10Cl2O3/c16-12-3-1-2-11(15(12)17)14(20)6-4-9-8-10(18)5-7-13(9)19/h1-8,18-19H/b6-4+. The topological polar surface area (TPSA) is 57.5 Å². The first-order valence-corrected chi connectivity index (χ1v) is 6.43. The van der Waals surface area contributed by atoms with E-state index in [1.165, 1.54) is 30.4 Å². The third kappa shape index (κ3) is 3.13. The van der Waals surface area contributed by atoms with Gasteiger partial charge in [-0.2, -0.15) is 0 Å². The summed E-state index contributed by atoms with van der Waals surface area (Å²) in [5.41, 5.74) is 0.603. The maximum absolute atomic E-state index is 12.0. The molecule has 2 N–H and O–H groups in total. The number of ketones is 1. The molecule has 0 radical (unpaired) electrons. The third-order valence-electron chi connectivity index (χ3n) is 2.64. The molecule has 0 unspecified atom stereocenters. The van der Waals surface area contributed by atoms with Gasteiger partial charge in [-0.3, -0.25) is 4.79 Å². The molecule has 0 aliphatic carbocycles. The molecule has 0 fully saturated rings. The van der Waals surface area contributed by atoms with Crippen molar-refractivity contribution in [3.05, 3.63) is 63.6 Å². The molecule has 2 aromatic carbocycles. The average Bonchev–Trinajstić information content (AvgIpc) is 2.42. The zero-order valence-corrected chi connectivity index (χ0v) is 11.7. The van der Waals surface area contributed by atoms with Crippen LogP contribution < -0.4 is 0 Å². The highest BCUT2D eigenvalue weighted by atomic mass is 35.5. The maximum Gasteiger partial charge on any atom is 0.187 e. The zero-order chi connectivity index (χ0) is 14.7. The predicted molar refractivity (Wildman–Crippen MR) is 79.6 cm³/mol. The van der Waals surface area contributed by atoms with Gasteiger partial charge in [0.1, 0.15) is 11.5 Å². The molecule has 0 saturated carbocycles. The number of benzene rings is 2. The first-order chi connectivity index (χ1) is 9.49. The summed E-state index contributed by atoms with van der Waals surface area (Å²) < 4.78 is 0. The smallest absolute Gasteiger partial charge is 0.187 e. The van der Waals surface area contributed by atoms with Crippen molar-refractivity contribution in [1.29, 1.82) is 0 Å². The Hall–Kier alpha value is -1.97. The molecule has 5 heteroatoms. The van der Waals surface area contributed by atoms with Gasteiger partial charge in [-0.05, 0) is 42.5 Å². The third-order valence-corrected chi connectivity index (χ3v) is 3.46. The molecule has 0 spiro atoms. The fourth-order valence-electron chi connectivity index (χ4n) is 1.62. The highest BCUT2D eigenvalue weighted by Gasteiger charge is 2.10. The minimum Gasteiger partial charge on any atom is -0.508 e. The summed E-state index contributed by atoms with van der Waals surface area (Å²) in [6, 6.07) is 8.81. The minimum absolute atomic E-state index is 0.00399. The number of allylic oxidation sites excluding steroid dienone is 1. The van der Waals surface area contributed by atoms with E-state index in [9.17, 15) is 15.0 Å². The maximum atomic E-state index is 12.0. The summed E-state index contributed by atoms with van der Waals surface area (Å²) in [5, 5.41) is 19.4. The van der Waals surface area contributed by atoms with Crippen LogP contribution >= 0.6 is 23.2 Å². The molecule has 3 nitrogen and oxygen atoms in total. The molecule has 0 aliphatic rings. The number of phenols is 2. The van der Waals surface area contributed by atoms with Gasteiger partial charge in [0, 0.05) is 11.1 Å². The van der Waals surface area contributed by atoms with Gasteiger partial charge in [0.15, 0.2) is 5.78 Å². The van der Waals surface area contributed by atoms with E-state index in [1.807, 2.05) is 0 Å². The van der Waals surface area contributed by atoms with Gasteiger partial charge in [-0.25, -0.2) is 0 Å². The van der Waals surface area contributed by atoms with E-state index < -0.39 is 0 Å². The van der Waals surface area contributed by atoms with Crippen LogP contribution in [0, 0.1) is 0 Å². The molecule has 0 heterocycles. The van der Waals surface area contributed by atoms with E-state index in [2.05, 4.69) is 0 Å². The van der Waals surface area contributed by atoms with Crippen molar-refractivity contribution in [3.63, 3.8) is 0 Å². The number of carbonyl (C=O) groups excluding carboxylic acids is 1. The Morgan fingerprint density at radius 1 is 1.10 bits per heavy atom. The van der Waals surface area contributed by atoms with Crippen LogP contribution in [0.5, 0.6) is 11.5 Å². The van der Waals surface area contributed by atoms with Crippen molar-refractivity contribution in [2.45, 2.75) is 0 Å². The first kappa shape index (κ1) is 14.4. The van der Waals surface area contributed by atoms with Crippen molar-refractivity contribution in [3.8, 4) is 11.5 Å². The summed E-state index contributed by atoms with van der Waals surface area (Å²) >= 11 is 11.8. The molecule has 0 atom stereocenters. The van der Waals surface area contributed by atoms with Gasteiger partial charge in [0.25, 0.3) is 0 Å². The largest absolute Gasteiger partial charge is 0.508 e. The summed E-state index contributed by atoms with van der Waals surface area (Å²) in [4.78, 5) is 12.0. The lowest BCUT2D eigenvalue weighted by Crippen LogP contribution is -1.95. The Balaban J connectivity index is 2.29. The molecule has 102 valence electrons. The molecule has 2 aromatic rings. The lowest BCUT2D eigenvalue weighted by Gasteiger charge is -2.02. The Bertz CT molecular complexity index is 694. The lowest BCUT2D eigenvalue weighted by atomic mass is 10.1. The van der Waals surface area contributed by atoms with Crippen molar-refractivity contribution >= 4 is 35.1 Å². The monoisotopic (exact) mass is 308 g/mol. The second kappa shape index (κ2) is 5.99. The van der Waals surface area contributed by atoms with Gasteiger partial charge in [-0.1, -0.05) is 29.3 Å². The highest BCUT2D eigenvalue weighted by Crippen LogP contribution is 2.27. The molecular formula is C15H10Cl2O3. The Morgan fingerprint density at radius 3 is 2.60 bits per heavy atom. The second-order valence-corrected chi connectivity index (χ2v) is 4.83. The average molecular weight is 309 g/mol. The number of rotatable bonds is 3. The van der Waals surface area contributed by atoms with Crippen LogP contribution in [0.1, 0.15) is 15.9 Å². The number of halogens is 2. The molecular weight excluding hydrogens is 299 g/mol. The molecule has 0 bridgehead atoms. The van der Waals surface area contributed by atoms with Crippen molar-refractivity contribution in [1.82, 2.24) is 0 Å². The summed E-state index contributed by atoms with van der Waals surface area (Å²) in [6.07, 6.45) is 2.65. The van der Waals surface area contributed by atoms with E-state index >= 15 is 0 Å². The van der Waals surface area contributed by atoms with E-state index in [4.69, 9.17) is 23.2 Å². The van der Waals surface area contributed by atoms with E-state index in [-0.39, 0.29) is 27.9 Å². The highest BCUT2D eigenvalue weighted by molar-refractivity contribution is 6.44. The van der Waals surface area contributed by atoms with Crippen LogP contribution in [0.15, 0.2) is 42.5 Å². The molecule has 0 amide bonds. The van der Waals surface area contributed by atoms with Crippen LogP contribution in [0.3, 0.4) is 0 Å². The molecule has 0 aromatic heterocycles. The SMILES string of the molecule is O=C(/C=C/c1cc(O)ccc1O)c1cccc(Cl)c1Cl. The fourth-order valence-corrected chi connectivity index (χ4v) is 2.02. The van der Waals surface area contributed by atoms with Gasteiger partial charge in [-0.15, -0.1) is 0 Å². The van der Waals surface area contributed by atoms with Crippen LogP contribution in [-0.2, 0) is 0 Å². The van der Waals surface area contributed by atoms with Gasteiger partial charge < -0.3 is 10.2 Å². The number of hydrogen-bond donors (Lipinski definition) is 2. The summed E-state index contributed by atoms with van der Waals surface area (Å²) in [6.45, 7) is 0. The second-order valence-electron chi connectivity index (χ2n) is 4.04. The fraction of sp³-hybridized carbons (Fsp3) is 0. The lowest BCUT2D eigenvalue weighted by molar-refractivity contribution is 0.104. The van der Waals surface area contributed by atoms with Crippen LogP contribution in [-0.4, -0.2) is 16.0 Å². The van der Waals surface area contributed by atoms with Crippen LogP contribution in [0.25, 0.3) is 6.08 Å². The molecule has 0 saturated heterocycles. The Morgan fingerprint density at radius 2 is 1.85 bits per heavy atom. The number of carbonyl (C=O) groups is 1. The predicted octanol–water partition coefficient (Wildman–Crippen LogP) is 4.30.